The number of rotatable bonds is 9. The average Bonchev–Trinajstić information content (AvgIpc) is 2.65. The fourth-order valence-corrected chi connectivity index (χ4v) is 3.70. The topological polar surface area (TPSA) is 75.3 Å². The number of amides is 1. The van der Waals surface area contributed by atoms with Crippen LogP contribution in [0, 0.1) is 0 Å². The first-order chi connectivity index (χ1) is 12.5. The minimum atomic E-state index is -3.69. The largest absolute Gasteiger partial charge is 0.352 e. The Morgan fingerprint density at radius 2 is 1.65 bits per heavy atom. The molecule has 0 aliphatic carbocycles. The highest BCUT2D eigenvalue weighted by Gasteiger charge is 2.16. The van der Waals surface area contributed by atoms with Gasteiger partial charge < -0.3 is 5.32 Å². The lowest BCUT2D eigenvalue weighted by atomic mass is 10.1. The smallest absolute Gasteiger partial charge is 0.261 e. The predicted octanol–water partition coefficient (Wildman–Crippen LogP) is 3.97. The minimum Gasteiger partial charge on any atom is -0.352 e. The van der Waals surface area contributed by atoms with Gasteiger partial charge in [-0.3, -0.25) is 9.52 Å². The van der Waals surface area contributed by atoms with Crippen LogP contribution in [0.2, 0.25) is 0 Å². The number of unbranched alkanes of at least 4 members (excludes halogenated alkanes) is 2. The van der Waals surface area contributed by atoms with Gasteiger partial charge in [0.2, 0.25) is 0 Å². The van der Waals surface area contributed by atoms with Crippen LogP contribution in [-0.4, -0.2) is 20.9 Å². The standard InChI is InChI=1S/C20H26N2O3S/c1-3-5-8-15-21-20(23)17-11-13-18(14-12-17)26(24,25)22-19-10-7-6-9-16(19)4-2/h6-7,9-14,22H,3-5,8,15H2,1-2H3,(H,21,23). The number of carbonyl (C=O) groups excluding carboxylic acids is 1. The molecule has 0 heterocycles. The number of anilines is 1. The maximum absolute atomic E-state index is 12.6. The second-order valence-electron chi connectivity index (χ2n) is 6.10. The average molecular weight is 375 g/mol. The molecule has 0 bridgehead atoms. The molecule has 0 unspecified atom stereocenters. The number of sulfonamides is 1. The Morgan fingerprint density at radius 3 is 2.31 bits per heavy atom. The third kappa shape index (κ3) is 5.33. The van der Waals surface area contributed by atoms with E-state index >= 15 is 0 Å². The molecule has 0 atom stereocenters. The van der Waals surface area contributed by atoms with E-state index in [0.717, 1.165) is 31.2 Å². The number of carbonyl (C=O) groups is 1. The Hall–Kier alpha value is -2.34. The van der Waals surface area contributed by atoms with E-state index in [-0.39, 0.29) is 10.8 Å². The highest BCUT2D eigenvalue weighted by atomic mass is 32.2. The molecule has 6 heteroatoms. The first-order valence-corrected chi connectivity index (χ1v) is 10.4. The van der Waals surface area contributed by atoms with Crippen LogP contribution in [0.15, 0.2) is 53.4 Å². The van der Waals surface area contributed by atoms with Crippen LogP contribution in [0.3, 0.4) is 0 Å². The third-order valence-corrected chi connectivity index (χ3v) is 5.52. The van der Waals surface area contributed by atoms with Crippen LogP contribution in [0.5, 0.6) is 0 Å². The summed E-state index contributed by atoms with van der Waals surface area (Å²) in [5, 5.41) is 2.84. The zero-order valence-electron chi connectivity index (χ0n) is 15.3. The Balaban J connectivity index is 2.07. The first-order valence-electron chi connectivity index (χ1n) is 8.97. The maximum atomic E-state index is 12.6. The summed E-state index contributed by atoms with van der Waals surface area (Å²) in [5.41, 5.74) is 1.96. The van der Waals surface area contributed by atoms with Crippen LogP contribution in [0.4, 0.5) is 5.69 Å². The van der Waals surface area contributed by atoms with Crippen LogP contribution in [-0.2, 0) is 16.4 Å². The van der Waals surface area contributed by atoms with Crippen molar-refractivity contribution < 1.29 is 13.2 Å². The van der Waals surface area contributed by atoms with Crippen LogP contribution >= 0.6 is 0 Å². The first kappa shape index (κ1) is 20.0. The molecule has 5 nitrogen and oxygen atoms in total. The van der Waals surface area contributed by atoms with Crippen LogP contribution < -0.4 is 10.0 Å². The lowest BCUT2D eigenvalue weighted by Gasteiger charge is -2.12. The summed E-state index contributed by atoms with van der Waals surface area (Å²) < 4.78 is 27.8. The van der Waals surface area contributed by atoms with Gasteiger partial charge in [-0.2, -0.15) is 0 Å². The molecule has 1 amide bonds. The van der Waals surface area contributed by atoms with Gasteiger partial charge in [0.1, 0.15) is 0 Å². The number of hydrogen-bond acceptors (Lipinski definition) is 3. The summed E-state index contributed by atoms with van der Waals surface area (Å²) in [6.45, 7) is 4.71. The number of aryl methyl sites for hydroxylation is 1. The van der Waals surface area contributed by atoms with Gasteiger partial charge in [-0.1, -0.05) is 44.9 Å². The summed E-state index contributed by atoms with van der Waals surface area (Å²) in [4.78, 5) is 12.2. The fraction of sp³-hybridized carbons (Fsp3) is 0.350. The van der Waals surface area contributed by atoms with Crippen molar-refractivity contribution in [1.82, 2.24) is 5.32 Å². The van der Waals surface area contributed by atoms with Gasteiger partial charge in [-0.05, 0) is 48.7 Å². The number of hydrogen-bond donors (Lipinski definition) is 2. The molecule has 0 spiro atoms. The van der Waals surface area contributed by atoms with Crippen molar-refractivity contribution >= 4 is 21.6 Å². The lowest BCUT2D eigenvalue weighted by Crippen LogP contribution is -2.24. The van der Waals surface area contributed by atoms with E-state index in [0.29, 0.717) is 17.8 Å². The normalized spacial score (nSPS) is 11.2. The van der Waals surface area contributed by atoms with Crippen molar-refractivity contribution in [2.45, 2.75) is 44.4 Å². The molecule has 0 saturated heterocycles. The molecular weight excluding hydrogens is 348 g/mol. The van der Waals surface area contributed by atoms with Crippen molar-refractivity contribution in [3.05, 3.63) is 59.7 Å². The molecule has 26 heavy (non-hydrogen) atoms. The van der Waals surface area contributed by atoms with E-state index in [4.69, 9.17) is 0 Å². The van der Waals surface area contributed by atoms with E-state index in [1.807, 2.05) is 19.1 Å². The van der Waals surface area contributed by atoms with Gasteiger partial charge in [0.05, 0.1) is 10.6 Å². The molecule has 0 fully saturated rings. The van der Waals surface area contributed by atoms with Crippen LogP contribution in [0.25, 0.3) is 0 Å². The van der Waals surface area contributed by atoms with Gasteiger partial charge in [-0.15, -0.1) is 0 Å². The Bertz CT molecular complexity index is 830. The Morgan fingerprint density at radius 1 is 0.962 bits per heavy atom. The van der Waals surface area contributed by atoms with Crippen molar-refractivity contribution in [2.24, 2.45) is 0 Å². The summed E-state index contributed by atoms with van der Waals surface area (Å²) in [6.07, 6.45) is 3.84. The molecule has 2 aromatic rings. The highest BCUT2D eigenvalue weighted by molar-refractivity contribution is 7.92. The van der Waals surface area contributed by atoms with E-state index in [9.17, 15) is 13.2 Å². The summed E-state index contributed by atoms with van der Waals surface area (Å²) in [6, 6.07) is 13.3. The number of nitrogens with one attached hydrogen (secondary N) is 2. The van der Waals surface area contributed by atoms with Crippen molar-refractivity contribution in [3.63, 3.8) is 0 Å². The molecule has 2 aromatic carbocycles. The lowest BCUT2D eigenvalue weighted by molar-refractivity contribution is 0.0953. The molecule has 0 aromatic heterocycles. The minimum absolute atomic E-state index is 0.130. The number of benzene rings is 2. The van der Waals surface area contributed by atoms with Gasteiger partial charge in [0.15, 0.2) is 0 Å². The van der Waals surface area contributed by atoms with Crippen molar-refractivity contribution in [1.29, 1.82) is 0 Å². The zero-order chi connectivity index (χ0) is 19.0. The van der Waals surface area contributed by atoms with Crippen molar-refractivity contribution in [3.8, 4) is 0 Å². The summed E-state index contributed by atoms with van der Waals surface area (Å²) >= 11 is 0. The molecule has 0 saturated carbocycles. The second-order valence-corrected chi connectivity index (χ2v) is 7.79. The highest BCUT2D eigenvalue weighted by Crippen LogP contribution is 2.20. The third-order valence-electron chi connectivity index (χ3n) is 4.14. The molecular formula is C20H26N2O3S. The molecule has 2 N–H and O–H groups in total. The van der Waals surface area contributed by atoms with Gasteiger partial charge >= 0.3 is 0 Å². The molecule has 2 rings (SSSR count). The molecule has 0 aliphatic rings. The molecule has 0 aliphatic heterocycles. The Kier molecular flexibility index (Phi) is 7.21. The van der Waals surface area contributed by atoms with E-state index < -0.39 is 10.0 Å². The maximum Gasteiger partial charge on any atom is 0.261 e. The summed E-state index contributed by atoms with van der Waals surface area (Å²) in [5.74, 6) is -0.186. The van der Waals surface area contributed by atoms with Gasteiger partial charge in [0, 0.05) is 12.1 Å². The van der Waals surface area contributed by atoms with Crippen molar-refractivity contribution in [2.75, 3.05) is 11.3 Å². The van der Waals surface area contributed by atoms with Gasteiger partial charge in [0.25, 0.3) is 15.9 Å². The van der Waals surface area contributed by atoms with E-state index in [2.05, 4.69) is 17.0 Å². The van der Waals surface area contributed by atoms with E-state index in [1.165, 1.54) is 24.3 Å². The summed E-state index contributed by atoms with van der Waals surface area (Å²) in [7, 11) is -3.69. The second kappa shape index (κ2) is 9.38. The van der Waals surface area contributed by atoms with Gasteiger partial charge in [-0.25, -0.2) is 8.42 Å². The monoisotopic (exact) mass is 374 g/mol. The molecule has 0 radical (unpaired) electrons. The van der Waals surface area contributed by atoms with E-state index in [1.54, 1.807) is 12.1 Å². The fourth-order valence-electron chi connectivity index (χ4n) is 2.60. The predicted molar refractivity (Wildman–Crippen MR) is 105 cm³/mol. The Labute approximate surface area is 155 Å². The molecule has 140 valence electrons. The quantitative estimate of drug-likeness (QED) is 0.652. The zero-order valence-corrected chi connectivity index (χ0v) is 16.1. The SMILES string of the molecule is CCCCCNC(=O)c1ccc(S(=O)(=O)Nc2ccccc2CC)cc1. The number of para-hydroxylation sites is 1. The van der Waals surface area contributed by atoms with Crippen LogP contribution in [0.1, 0.15) is 49.0 Å².